The molecule has 6 heteroatoms. The molecule has 6 nitrogen and oxygen atoms in total. The van der Waals surface area contributed by atoms with Gasteiger partial charge in [0.1, 0.15) is 12.2 Å². The minimum absolute atomic E-state index is 0.00923. The van der Waals surface area contributed by atoms with Crippen molar-refractivity contribution < 1.29 is 14.7 Å². The Morgan fingerprint density at radius 1 is 1.29 bits per heavy atom. The minimum atomic E-state index is -1.04. The molecule has 1 N–H and O–H groups in total. The fourth-order valence-corrected chi connectivity index (χ4v) is 2.06. The predicted octanol–water partition coefficient (Wildman–Crippen LogP) is 1.63. The number of pyridine rings is 1. The first kappa shape index (κ1) is 14.8. The van der Waals surface area contributed by atoms with Crippen molar-refractivity contribution in [2.45, 2.75) is 20.0 Å². The lowest BCUT2D eigenvalue weighted by molar-refractivity contribution is -0.132. The second kappa shape index (κ2) is 6.69. The molecule has 2 rings (SSSR count). The highest BCUT2D eigenvalue weighted by Gasteiger charge is 2.16. The highest BCUT2D eigenvalue weighted by Crippen LogP contribution is 2.06. The summed E-state index contributed by atoms with van der Waals surface area (Å²) in [6.07, 6.45) is 3.28. The summed E-state index contributed by atoms with van der Waals surface area (Å²) in [6.45, 7) is 2.85. The molecule has 0 aromatic carbocycles. The van der Waals surface area contributed by atoms with Crippen LogP contribution in [-0.2, 0) is 17.9 Å². The summed E-state index contributed by atoms with van der Waals surface area (Å²) in [5, 5.41) is 9.04. The Morgan fingerprint density at radius 2 is 2.10 bits per heavy atom. The first-order valence-electron chi connectivity index (χ1n) is 6.68. The maximum absolute atomic E-state index is 12.3. The van der Waals surface area contributed by atoms with E-state index < -0.39 is 5.97 Å². The number of rotatable bonds is 6. The molecular formula is C15H17N3O3. The van der Waals surface area contributed by atoms with Crippen molar-refractivity contribution in [3.05, 3.63) is 54.1 Å². The summed E-state index contributed by atoms with van der Waals surface area (Å²) < 4.78 is 1.44. The van der Waals surface area contributed by atoms with Gasteiger partial charge in [-0.1, -0.05) is 6.07 Å². The van der Waals surface area contributed by atoms with Crippen LogP contribution in [0.2, 0.25) is 0 Å². The first-order valence-corrected chi connectivity index (χ1v) is 6.68. The van der Waals surface area contributed by atoms with Gasteiger partial charge in [-0.05, 0) is 31.2 Å². The number of aromatic carboxylic acids is 1. The summed E-state index contributed by atoms with van der Waals surface area (Å²) in [7, 11) is 0. The number of amides is 1. The summed E-state index contributed by atoms with van der Waals surface area (Å²) in [4.78, 5) is 29.2. The highest BCUT2D eigenvalue weighted by atomic mass is 16.4. The molecule has 0 bridgehead atoms. The van der Waals surface area contributed by atoms with Crippen LogP contribution in [0.15, 0.2) is 42.7 Å². The maximum Gasteiger partial charge on any atom is 0.352 e. The van der Waals surface area contributed by atoms with Gasteiger partial charge in [0, 0.05) is 18.9 Å². The van der Waals surface area contributed by atoms with Gasteiger partial charge in [-0.15, -0.1) is 0 Å². The van der Waals surface area contributed by atoms with Crippen LogP contribution < -0.4 is 0 Å². The molecule has 2 heterocycles. The Bertz CT molecular complexity index is 622. The zero-order valence-electron chi connectivity index (χ0n) is 11.8. The third kappa shape index (κ3) is 3.68. The molecular weight excluding hydrogens is 270 g/mol. The standard InChI is InChI=1S/C15H17N3O3/c1-2-17(10-12-6-3-4-8-16-12)14(19)11-18-9-5-7-13(18)15(20)21/h3-9H,2,10-11H2,1H3,(H,20,21). The van der Waals surface area contributed by atoms with Crippen LogP contribution in [0.5, 0.6) is 0 Å². The highest BCUT2D eigenvalue weighted by molar-refractivity contribution is 5.86. The van der Waals surface area contributed by atoms with E-state index in [1.807, 2.05) is 25.1 Å². The van der Waals surface area contributed by atoms with E-state index >= 15 is 0 Å². The van der Waals surface area contributed by atoms with E-state index in [-0.39, 0.29) is 18.1 Å². The lowest BCUT2D eigenvalue weighted by atomic mass is 10.3. The van der Waals surface area contributed by atoms with Crippen molar-refractivity contribution in [2.75, 3.05) is 6.54 Å². The maximum atomic E-state index is 12.3. The molecule has 0 radical (unpaired) electrons. The summed E-state index contributed by atoms with van der Waals surface area (Å²) in [5.74, 6) is -1.18. The summed E-state index contributed by atoms with van der Waals surface area (Å²) in [5.41, 5.74) is 0.913. The fourth-order valence-electron chi connectivity index (χ4n) is 2.06. The molecule has 0 aliphatic rings. The molecule has 2 aromatic heterocycles. The third-order valence-electron chi connectivity index (χ3n) is 3.17. The molecule has 0 atom stereocenters. The zero-order chi connectivity index (χ0) is 15.2. The Kier molecular flexibility index (Phi) is 4.71. The molecule has 0 spiro atoms. The van der Waals surface area contributed by atoms with Crippen LogP contribution in [0.1, 0.15) is 23.1 Å². The van der Waals surface area contributed by atoms with E-state index in [4.69, 9.17) is 5.11 Å². The van der Waals surface area contributed by atoms with Crippen molar-refractivity contribution in [3.8, 4) is 0 Å². The Balaban J connectivity index is 2.06. The van der Waals surface area contributed by atoms with Gasteiger partial charge in [0.05, 0.1) is 12.2 Å². The number of carboxylic acid groups (broad SMARTS) is 1. The second-order valence-electron chi connectivity index (χ2n) is 4.56. The molecule has 0 saturated carbocycles. The molecule has 1 amide bonds. The molecule has 0 unspecified atom stereocenters. The lowest BCUT2D eigenvalue weighted by Gasteiger charge is -2.21. The molecule has 0 saturated heterocycles. The fraction of sp³-hybridized carbons (Fsp3) is 0.267. The smallest absolute Gasteiger partial charge is 0.352 e. The van der Waals surface area contributed by atoms with Crippen molar-refractivity contribution in [1.82, 2.24) is 14.5 Å². The van der Waals surface area contributed by atoms with E-state index in [1.54, 1.807) is 23.4 Å². The molecule has 0 aliphatic carbocycles. The van der Waals surface area contributed by atoms with E-state index in [0.717, 1.165) is 5.69 Å². The van der Waals surface area contributed by atoms with Crippen LogP contribution in [0.3, 0.4) is 0 Å². The van der Waals surface area contributed by atoms with E-state index in [9.17, 15) is 9.59 Å². The molecule has 0 aliphatic heterocycles. The van der Waals surface area contributed by atoms with Crippen LogP contribution in [-0.4, -0.2) is 38.0 Å². The lowest BCUT2D eigenvalue weighted by Crippen LogP contribution is -2.34. The van der Waals surface area contributed by atoms with Gasteiger partial charge in [0.15, 0.2) is 0 Å². The van der Waals surface area contributed by atoms with Crippen LogP contribution in [0, 0.1) is 0 Å². The van der Waals surface area contributed by atoms with Crippen molar-refractivity contribution in [3.63, 3.8) is 0 Å². The number of aromatic nitrogens is 2. The van der Waals surface area contributed by atoms with Gasteiger partial charge < -0.3 is 14.6 Å². The van der Waals surface area contributed by atoms with E-state index in [0.29, 0.717) is 13.1 Å². The summed E-state index contributed by atoms with van der Waals surface area (Å²) in [6, 6.07) is 8.64. The number of carbonyl (C=O) groups is 2. The van der Waals surface area contributed by atoms with Gasteiger partial charge in [-0.3, -0.25) is 9.78 Å². The predicted molar refractivity (Wildman–Crippen MR) is 76.7 cm³/mol. The van der Waals surface area contributed by atoms with Gasteiger partial charge in [0.2, 0.25) is 5.91 Å². The molecule has 21 heavy (non-hydrogen) atoms. The Morgan fingerprint density at radius 3 is 2.71 bits per heavy atom. The number of carboxylic acids is 1. The number of likely N-dealkylation sites (N-methyl/N-ethyl adjacent to an activating group) is 1. The van der Waals surface area contributed by atoms with Crippen molar-refractivity contribution >= 4 is 11.9 Å². The number of hydrogen-bond donors (Lipinski definition) is 1. The largest absolute Gasteiger partial charge is 0.477 e. The first-order chi connectivity index (χ1) is 10.1. The molecule has 2 aromatic rings. The minimum Gasteiger partial charge on any atom is -0.477 e. The summed E-state index contributed by atoms with van der Waals surface area (Å²) >= 11 is 0. The van der Waals surface area contributed by atoms with Crippen molar-refractivity contribution in [2.24, 2.45) is 0 Å². The van der Waals surface area contributed by atoms with Crippen molar-refractivity contribution in [1.29, 1.82) is 0 Å². The molecule has 110 valence electrons. The average Bonchev–Trinajstić information content (AvgIpc) is 2.94. The Hall–Kier alpha value is -2.63. The number of hydrogen-bond acceptors (Lipinski definition) is 3. The van der Waals surface area contributed by atoms with Crippen LogP contribution in [0.4, 0.5) is 0 Å². The molecule has 0 fully saturated rings. The topological polar surface area (TPSA) is 75.4 Å². The van der Waals surface area contributed by atoms with Gasteiger partial charge >= 0.3 is 5.97 Å². The SMILES string of the molecule is CCN(Cc1ccccn1)C(=O)Cn1cccc1C(=O)O. The van der Waals surface area contributed by atoms with E-state index in [1.165, 1.54) is 10.6 Å². The third-order valence-corrected chi connectivity index (χ3v) is 3.17. The quantitative estimate of drug-likeness (QED) is 0.876. The van der Waals surface area contributed by atoms with E-state index in [2.05, 4.69) is 4.98 Å². The second-order valence-corrected chi connectivity index (χ2v) is 4.56. The normalized spacial score (nSPS) is 10.3. The average molecular weight is 287 g/mol. The van der Waals surface area contributed by atoms with Crippen LogP contribution >= 0.6 is 0 Å². The van der Waals surface area contributed by atoms with Gasteiger partial charge in [-0.2, -0.15) is 0 Å². The van der Waals surface area contributed by atoms with Gasteiger partial charge in [-0.25, -0.2) is 4.79 Å². The number of nitrogens with zero attached hydrogens (tertiary/aromatic N) is 3. The zero-order valence-corrected chi connectivity index (χ0v) is 11.8. The number of carbonyl (C=O) groups excluding carboxylic acids is 1. The van der Waals surface area contributed by atoms with Gasteiger partial charge in [0.25, 0.3) is 0 Å². The van der Waals surface area contributed by atoms with Crippen LogP contribution in [0.25, 0.3) is 0 Å². The monoisotopic (exact) mass is 287 g/mol. The Labute approximate surface area is 122 Å².